The summed E-state index contributed by atoms with van der Waals surface area (Å²) in [6.07, 6.45) is 3.29. The number of hydrogen-bond acceptors (Lipinski definition) is 5. The smallest absolute Gasteiger partial charge is 0.230 e. The van der Waals surface area contributed by atoms with Gasteiger partial charge >= 0.3 is 0 Å². The molecular formula is C19H13NO4. The molecule has 5 nitrogen and oxygen atoms in total. The fraction of sp³-hybridized carbons (Fsp3) is 0.105. The van der Waals surface area contributed by atoms with Crippen molar-refractivity contribution in [2.75, 3.05) is 13.3 Å². The molecule has 2 aliphatic rings. The maximum absolute atomic E-state index is 13.1. The van der Waals surface area contributed by atoms with E-state index in [1.807, 2.05) is 36.4 Å². The molecule has 0 saturated carbocycles. The summed E-state index contributed by atoms with van der Waals surface area (Å²) in [6, 6.07) is 11.6. The van der Waals surface area contributed by atoms with Crippen LogP contribution in [0.25, 0.3) is 27.4 Å². The van der Waals surface area contributed by atoms with E-state index in [1.54, 1.807) is 6.08 Å². The second kappa shape index (κ2) is 4.89. The van der Waals surface area contributed by atoms with Crippen molar-refractivity contribution < 1.29 is 13.9 Å². The largest absolute Gasteiger partial charge is 0.463 e. The van der Waals surface area contributed by atoms with E-state index in [-0.39, 0.29) is 12.2 Å². The fourth-order valence-electron chi connectivity index (χ4n) is 3.19. The van der Waals surface area contributed by atoms with E-state index in [2.05, 4.69) is 5.32 Å². The molecule has 24 heavy (non-hydrogen) atoms. The molecule has 0 atom stereocenters. The zero-order chi connectivity index (χ0) is 16.1. The van der Waals surface area contributed by atoms with Crippen LogP contribution >= 0.6 is 0 Å². The standard InChI is InChI=1S/C19H13NO4/c21-19-13(14-7-16-17(8-20-14)24-10-23-16)9-22-15-6-5-11-3-1-2-4-12(11)18(15)19/h1-7,9,20H,8,10H2. The van der Waals surface area contributed by atoms with Crippen LogP contribution in [0, 0.1) is 0 Å². The molecule has 0 fully saturated rings. The molecule has 0 unspecified atom stereocenters. The first-order valence-electron chi connectivity index (χ1n) is 7.69. The molecule has 0 bridgehead atoms. The quantitative estimate of drug-likeness (QED) is 0.698. The third kappa shape index (κ3) is 1.84. The van der Waals surface area contributed by atoms with Crippen LogP contribution in [0.1, 0.15) is 5.56 Å². The Balaban J connectivity index is 1.77. The molecule has 118 valence electrons. The summed E-state index contributed by atoms with van der Waals surface area (Å²) in [4.78, 5) is 13.1. The molecule has 0 amide bonds. The molecule has 2 aliphatic heterocycles. The number of allylic oxidation sites excluding steroid dienone is 1. The summed E-state index contributed by atoms with van der Waals surface area (Å²) in [5, 5.41) is 5.70. The molecule has 0 aliphatic carbocycles. The molecule has 5 heteroatoms. The van der Waals surface area contributed by atoms with Crippen LogP contribution in [0.3, 0.4) is 0 Å². The van der Waals surface area contributed by atoms with Crippen molar-refractivity contribution in [2.24, 2.45) is 0 Å². The SMILES string of the molecule is O=c1c(C2=CC3=C(CN2)OCO3)coc2ccc3ccccc3c12. The Hall–Kier alpha value is -3.21. The van der Waals surface area contributed by atoms with Crippen LogP contribution in [0.4, 0.5) is 0 Å². The number of ether oxygens (including phenoxy) is 2. The Labute approximate surface area is 136 Å². The van der Waals surface area contributed by atoms with Gasteiger partial charge in [0.2, 0.25) is 12.2 Å². The van der Waals surface area contributed by atoms with Crippen molar-refractivity contribution in [3.8, 4) is 0 Å². The molecule has 0 spiro atoms. The monoisotopic (exact) mass is 319 g/mol. The Morgan fingerprint density at radius 1 is 1.04 bits per heavy atom. The van der Waals surface area contributed by atoms with Gasteiger partial charge in [0.05, 0.1) is 23.2 Å². The predicted octanol–water partition coefficient (Wildman–Crippen LogP) is 3.11. The maximum atomic E-state index is 13.1. The average Bonchev–Trinajstić information content (AvgIpc) is 3.09. The molecule has 1 N–H and O–H groups in total. The first-order valence-corrected chi connectivity index (χ1v) is 7.69. The lowest BCUT2D eigenvalue weighted by molar-refractivity contribution is 0.0741. The Morgan fingerprint density at radius 3 is 2.92 bits per heavy atom. The number of dihydropyridines is 1. The zero-order valence-electron chi connectivity index (χ0n) is 12.7. The normalized spacial score (nSPS) is 16.4. The van der Waals surface area contributed by atoms with Gasteiger partial charge in [0.25, 0.3) is 0 Å². The Bertz CT molecular complexity index is 1110. The van der Waals surface area contributed by atoms with Crippen molar-refractivity contribution in [1.82, 2.24) is 5.32 Å². The van der Waals surface area contributed by atoms with Gasteiger partial charge in [-0.25, -0.2) is 0 Å². The van der Waals surface area contributed by atoms with Gasteiger partial charge in [0.1, 0.15) is 11.8 Å². The van der Waals surface area contributed by atoms with Gasteiger partial charge in [-0.1, -0.05) is 30.3 Å². The minimum absolute atomic E-state index is 0.0604. The van der Waals surface area contributed by atoms with Crippen LogP contribution in [0.2, 0.25) is 0 Å². The van der Waals surface area contributed by atoms with E-state index in [0.29, 0.717) is 34.5 Å². The molecule has 0 saturated heterocycles. The Morgan fingerprint density at radius 2 is 1.96 bits per heavy atom. The second-order valence-corrected chi connectivity index (χ2v) is 5.74. The third-order valence-electron chi connectivity index (χ3n) is 4.39. The highest BCUT2D eigenvalue weighted by molar-refractivity contribution is 6.05. The molecule has 0 radical (unpaired) electrons. The first-order chi connectivity index (χ1) is 11.8. The predicted molar refractivity (Wildman–Crippen MR) is 90.0 cm³/mol. The lowest BCUT2D eigenvalue weighted by Crippen LogP contribution is -2.23. The van der Waals surface area contributed by atoms with Gasteiger partial charge in [-0.05, 0) is 16.8 Å². The van der Waals surface area contributed by atoms with Gasteiger partial charge < -0.3 is 19.2 Å². The van der Waals surface area contributed by atoms with Gasteiger partial charge in [-0.3, -0.25) is 4.79 Å². The number of rotatable bonds is 1. The van der Waals surface area contributed by atoms with Crippen molar-refractivity contribution in [3.05, 3.63) is 76.0 Å². The highest BCUT2D eigenvalue weighted by Gasteiger charge is 2.23. The number of fused-ring (bicyclic) bond motifs is 3. The minimum Gasteiger partial charge on any atom is -0.463 e. The van der Waals surface area contributed by atoms with E-state index < -0.39 is 0 Å². The number of hydrogen-bond donors (Lipinski definition) is 1. The van der Waals surface area contributed by atoms with Crippen LogP contribution in [-0.4, -0.2) is 13.3 Å². The summed E-state index contributed by atoms with van der Waals surface area (Å²) >= 11 is 0. The lowest BCUT2D eigenvalue weighted by Gasteiger charge is -2.15. The van der Waals surface area contributed by atoms with E-state index in [0.717, 1.165) is 16.5 Å². The minimum atomic E-state index is -0.0604. The van der Waals surface area contributed by atoms with Crippen LogP contribution in [0.15, 0.2) is 69.5 Å². The summed E-state index contributed by atoms with van der Waals surface area (Å²) in [7, 11) is 0. The van der Waals surface area contributed by atoms with Crippen LogP contribution < -0.4 is 10.7 Å². The zero-order valence-corrected chi connectivity index (χ0v) is 12.7. The van der Waals surface area contributed by atoms with Crippen molar-refractivity contribution >= 4 is 27.4 Å². The van der Waals surface area contributed by atoms with Crippen molar-refractivity contribution in [3.63, 3.8) is 0 Å². The lowest BCUT2D eigenvalue weighted by atomic mass is 10.0. The van der Waals surface area contributed by atoms with Crippen molar-refractivity contribution in [1.29, 1.82) is 0 Å². The van der Waals surface area contributed by atoms with Gasteiger partial charge in [-0.2, -0.15) is 0 Å². The summed E-state index contributed by atoms with van der Waals surface area (Å²) in [5.74, 6) is 1.43. The number of nitrogens with one attached hydrogen (secondary N) is 1. The van der Waals surface area contributed by atoms with Crippen LogP contribution in [-0.2, 0) is 9.47 Å². The maximum Gasteiger partial charge on any atom is 0.230 e. The van der Waals surface area contributed by atoms with Crippen LogP contribution in [0.5, 0.6) is 0 Å². The third-order valence-corrected chi connectivity index (χ3v) is 4.39. The number of benzene rings is 2. The first kappa shape index (κ1) is 13.2. The fourth-order valence-corrected chi connectivity index (χ4v) is 3.19. The van der Waals surface area contributed by atoms with E-state index >= 15 is 0 Å². The molecule has 1 aromatic heterocycles. The summed E-state index contributed by atoms with van der Waals surface area (Å²) < 4.78 is 16.5. The van der Waals surface area contributed by atoms with E-state index in [1.165, 1.54) is 6.26 Å². The summed E-state index contributed by atoms with van der Waals surface area (Å²) in [5.41, 5.74) is 1.69. The molecule has 3 aromatic rings. The highest BCUT2D eigenvalue weighted by Crippen LogP contribution is 2.27. The van der Waals surface area contributed by atoms with Gasteiger partial charge in [0, 0.05) is 6.08 Å². The molecule has 2 aromatic carbocycles. The van der Waals surface area contributed by atoms with Crippen molar-refractivity contribution in [2.45, 2.75) is 0 Å². The van der Waals surface area contributed by atoms with E-state index in [4.69, 9.17) is 13.9 Å². The molecule has 3 heterocycles. The molecular weight excluding hydrogens is 306 g/mol. The van der Waals surface area contributed by atoms with Gasteiger partial charge in [0.15, 0.2) is 11.5 Å². The van der Waals surface area contributed by atoms with E-state index in [9.17, 15) is 4.79 Å². The second-order valence-electron chi connectivity index (χ2n) is 5.74. The molecule has 5 rings (SSSR count). The highest BCUT2D eigenvalue weighted by atomic mass is 16.7. The summed E-state index contributed by atoms with van der Waals surface area (Å²) in [6.45, 7) is 0.710. The Kier molecular flexibility index (Phi) is 2.70. The average molecular weight is 319 g/mol. The topological polar surface area (TPSA) is 60.7 Å². The van der Waals surface area contributed by atoms with Gasteiger partial charge in [-0.15, -0.1) is 0 Å².